The SMILES string of the molecule is CCOCCCN1C(=S)NC(c2ccc(F)cc2)C(c2nc(-c3cccs3)no2)=C1C. The third-order valence-corrected chi connectivity index (χ3v) is 6.28. The van der Waals surface area contributed by atoms with Gasteiger partial charge in [-0.25, -0.2) is 4.39 Å². The maximum absolute atomic E-state index is 13.5. The highest BCUT2D eigenvalue weighted by molar-refractivity contribution is 7.80. The Morgan fingerprint density at radius 1 is 1.29 bits per heavy atom. The van der Waals surface area contributed by atoms with E-state index in [1.54, 1.807) is 23.5 Å². The summed E-state index contributed by atoms with van der Waals surface area (Å²) in [4.78, 5) is 7.61. The summed E-state index contributed by atoms with van der Waals surface area (Å²) < 4.78 is 24.7. The molecular formula is C22H23FN4O2S2. The fourth-order valence-electron chi connectivity index (χ4n) is 3.54. The first kappa shape index (κ1) is 21.6. The zero-order chi connectivity index (χ0) is 21.8. The number of thiophene rings is 1. The largest absolute Gasteiger partial charge is 0.382 e. The Kier molecular flexibility index (Phi) is 6.74. The Morgan fingerprint density at radius 2 is 2.10 bits per heavy atom. The molecule has 0 fully saturated rings. The van der Waals surface area contributed by atoms with Crippen LogP contribution in [-0.4, -0.2) is 39.9 Å². The van der Waals surface area contributed by atoms with E-state index < -0.39 is 0 Å². The highest BCUT2D eigenvalue weighted by atomic mass is 32.1. The number of nitrogens with one attached hydrogen (secondary N) is 1. The number of halogens is 1. The first-order chi connectivity index (χ1) is 15.1. The molecule has 1 aliphatic rings. The first-order valence-corrected chi connectivity index (χ1v) is 11.4. The highest BCUT2D eigenvalue weighted by Gasteiger charge is 2.34. The van der Waals surface area contributed by atoms with Gasteiger partial charge in [0.25, 0.3) is 5.89 Å². The summed E-state index contributed by atoms with van der Waals surface area (Å²) in [5.74, 6) is 0.666. The van der Waals surface area contributed by atoms with Crippen molar-refractivity contribution < 1.29 is 13.7 Å². The second-order valence-corrected chi connectivity index (χ2v) is 8.37. The molecule has 9 heteroatoms. The fraction of sp³-hybridized carbons (Fsp3) is 0.318. The average Bonchev–Trinajstić information content (AvgIpc) is 3.45. The third kappa shape index (κ3) is 4.68. The van der Waals surface area contributed by atoms with Gasteiger partial charge in [0.1, 0.15) is 5.82 Å². The van der Waals surface area contributed by atoms with E-state index >= 15 is 0 Å². The third-order valence-electron chi connectivity index (χ3n) is 5.07. The lowest BCUT2D eigenvalue weighted by Gasteiger charge is -2.37. The number of rotatable bonds is 8. The van der Waals surface area contributed by atoms with Crippen molar-refractivity contribution in [1.82, 2.24) is 20.4 Å². The van der Waals surface area contributed by atoms with Crippen LogP contribution < -0.4 is 5.32 Å². The van der Waals surface area contributed by atoms with Crippen LogP contribution in [0.25, 0.3) is 16.3 Å². The van der Waals surface area contributed by atoms with Crippen molar-refractivity contribution in [3.05, 3.63) is 64.7 Å². The molecule has 1 aromatic carbocycles. The maximum Gasteiger partial charge on any atom is 0.258 e. The minimum absolute atomic E-state index is 0.292. The van der Waals surface area contributed by atoms with Crippen LogP contribution in [-0.2, 0) is 4.74 Å². The molecule has 0 saturated carbocycles. The molecule has 6 nitrogen and oxygen atoms in total. The van der Waals surface area contributed by atoms with E-state index in [1.165, 1.54) is 12.1 Å². The molecule has 1 unspecified atom stereocenters. The number of nitrogens with zero attached hydrogens (tertiary/aromatic N) is 3. The van der Waals surface area contributed by atoms with Gasteiger partial charge in [0, 0.05) is 25.5 Å². The monoisotopic (exact) mass is 458 g/mol. The smallest absolute Gasteiger partial charge is 0.258 e. The van der Waals surface area contributed by atoms with Crippen molar-refractivity contribution >= 4 is 34.2 Å². The van der Waals surface area contributed by atoms with Crippen molar-refractivity contribution in [3.8, 4) is 10.7 Å². The van der Waals surface area contributed by atoms with E-state index in [0.717, 1.165) is 28.1 Å². The zero-order valence-electron chi connectivity index (χ0n) is 17.3. The normalized spacial score (nSPS) is 16.7. The molecule has 4 rings (SSSR count). The lowest BCUT2D eigenvalue weighted by molar-refractivity contribution is 0.141. The summed E-state index contributed by atoms with van der Waals surface area (Å²) in [5.41, 5.74) is 2.62. The molecule has 0 saturated heterocycles. The molecule has 3 aromatic rings. The minimum Gasteiger partial charge on any atom is -0.382 e. The molecule has 0 radical (unpaired) electrons. The second kappa shape index (κ2) is 9.67. The van der Waals surface area contributed by atoms with Crippen molar-refractivity contribution in [3.63, 3.8) is 0 Å². The lowest BCUT2D eigenvalue weighted by Crippen LogP contribution is -2.46. The molecule has 0 amide bonds. The molecule has 1 atom stereocenters. The predicted octanol–water partition coefficient (Wildman–Crippen LogP) is 5.03. The van der Waals surface area contributed by atoms with Gasteiger partial charge in [-0.05, 0) is 61.6 Å². The number of ether oxygens (including phenoxy) is 1. The number of hydrogen-bond acceptors (Lipinski definition) is 6. The van der Waals surface area contributed by atoms with Crippen LogP contribution in [0.2, 0.25) is 0 Å². The number of allylic oxidation sites excluding steroid dienone is 1. The summed E-state index contributed by atoms with van der Waals surface area (Å²) in [6.45, 7) is 6.01. The van der Waals surface area contributed by atoms with Gasteiger partial charge in [-0.3, -0.25) is 0 Å². The van der Waals surface area contributed by atoms with Crippen LogP contribution in [0, 0.1) is 5.82 Å². The summed E-state index contributed by atoms with van der Waals surface area (Å²) >= 11 is 7.21. The van der Waals surface area contributed by atoms with Gasteiger partial charge in [0.05, 0.1) is 16.5 Å². The van der Waals surface area contributed by atoms with Crippen LogP contribution in [0.3, 0.4) is 0 Å². The average molecular weight is 459 g/mol. The Labute approximate surface area is 189 Å². The lowest BCUT2D eigenvalue weighted by atomic mass is 9.94. The molecule has 1 N–H and O–H groups in total. The minimum atomic E-state index is -0.326. The Hall–Kier alpha value is -2.62. The first-order valence-electron chi connectivity index (χ1n) is 10.1. The number of hydrogen-bond donors (Lipinski definition) is 1. The Bertz CT molecular complexity index is 1060. The second-order valence-electron chi connectivity index (χ2n) is 7.04. The van der Waals surface area contributed by atoms with Crippen LogP contribution in [0.5, 0.6) is 0 Å². The Balaban J connectivity index is 1.72. The molecule has 31 heavy (non-hydrogen) atoms. The van der Waals surface area contributed by atoms with E-state index in [4.69, 9.17) is 21.5 Å². The quantitative estimate of drug-likeness (QED) is 0.375. The van der Waals surface area contributed by atoms with Crippen LogP contribution in [0.15, 0.2) is 52.0 Å². The number of aromatic nitrogens is 2. The van der Waals surface area contributed by atoms with Gasteiger partial charge < -0.3 is 19.5 Å². The number of thiocarbonyl (C=S) groups is 1. The number of benzene rings is 1. The Morgan fingerprint density at radius 3 is 2.81 bits per heavy atom. The summed E-state index contributed by atoms with van der Waals surface area (Å²) in [7, 11) is 0. The van der Waals surface area contributed by atoms with E-state index in [-0.39, 0.29) is 11.9 Å². The molecule has 162 valence electrons. The standard InChI is InChI=1S/C22H23FN4O2S2/c1-3-28-12-5-11-27-14(2)18(21-25-20(26-29-21)17-6-4-13-31-17)19(24-22(27)30)15-7-9-16(23)10-8-15/h4,6-10,13,19H,3,5,11-12H2,1-2H3,(H,24,30). The van der Waals surface area contributed by atoms with Gasteiger partial charge in [-0.1, -0.05) is 23.4 Å². The topological polar surface area (TPSA) is 63.4 Å². The van der Waals surface area contributed by atoms with E-state index in [0.29, 0.717) is 36.6 Å². The summed E-state index contributed by atoms with van der Waals surface area (Å²) in [6.07, 6.45) is 0.825. The van der Waals surface area contributed by atoms with Gasteiger partial charge in [0.2, 0.25) is 5.82 Å². The van der Waals surface area contributed by atoms with E-state index in [9.17, 15) is 4.39 Å². The van der Waals surface area contributed by atoms with Crippen molar-refractivity contribution in [2.75, 3.05) is 19.8 Å². The zero-order valence-corrected chi connectivity index (χ0v) is 18.9. The fourth-order valence-corrected chi connectivity index (χ4v) is 4.54. The summed E-state index contributed by atoms with van der Waals surface area (Å²) in [6, 6.07) is 9.93. The van der Waals surface area contributed by atoms with E-state index in [2.05, 4.69) is 15.5 Å². The van der Waals surface area contributed by atoms with Gasteiger partial charge >= 0.3 is 0 Å². The van der Waals surface area contributed by atoms with Crippen LogP contribution in [0.1, 0.15) is 37.8 Å². The predicted molar refractivity (Wildman–Crippen MR) is 123 cm³/mol. The van der Waals surface area contributed by atoms with Gasteiger partial charge in [-0.2, -0.15) is 4.98 Å². The molecule has 0 aliphatic carbocycles. The van der Waals surface area contributed by atoms with Crippen LogP contribution in [0.4, 0.5) is 4.39 Å². The molecule has 1 aliphatic heterocycles. The molecular weight excluding hydrogens is 435 g/mol. The van der Waals surface area contributed by atoms with E-state index in [1.807, 2.05) is 36.3 Å². The summed E-state index contributed by atoms with van der Waals surface area (Å²) in [5, 5.41) is 10.1. The molecule has 0 spiro atoms. The maximum atomic E-state index is 13.5. The van der Waals surface area contributed by atoms with Crippen molar-refractivity contribution in [2.24, 2.45) is 0 Å². The van der Waals surface area contributed by atoms with Gasteiger partial charge in [0.15, 0.2) is 5.11 Å². The molecule has 3 heterocycles. The molecule has 2 aromatic heterocycles. The van der Waals surface area contributed by atoms with Crippen molar-refractivity contribution in [2.45, 2.75) is 26.3 Å². The van der Waals surface area contributed by atoms with Crippen molar-refractivity contribution in [1.29, 1.82) is 0 Å². The molecule has 0 bridgehead atoms. The van der Waals surface area contributed by atoms with Gasteiger partial charge in [-0.15, -0.1) is 11.3 Å². The van der Waals surface area contributed by atoms with Crippen LogP contribution >= 0.6 is 23.6 Å². The highest BCUT2D eigenvalue weighted by Crippen LogP contribution is 2.37.